The van der Waals surface area contributed by atoms with E-state index in [1.165, 1.54) is 0 Å². The van der Waals surface area contributed by atoms with Crippen LogP contribution >= 0.6 is 0 Å². The van der Waals surface area contributed by atoms with Gasteiger partial charge in [-0.1, -0.05) is 6.92 Å². The van der Waals surface area contributed by atoms with Crippen molar-refractivity contribution in [3.63, 3.8) is 0 Å². The first-order valence-electron chi connectivity index (χ1n) is 6.56. The van der Waals surface area contributed by atoms with Gasteiger partial charge in [0.05, 0.1) is 11.3 Å². The minimum atomic E-state index is -0.853. The highest BCUT2D eigenvalue weighted by atomic mass is 19.1. The summed E-state index contributed by atoms with van der Waals surface area (Å²) in [5.41, 5.74) is 5.06. The van der Waals surface area contributed by atoms with Crippen molar-refractivity contribution in [1.82, 2.24) is 4.90 Å². The smallest absolute Gasteiger partial charge is 0.256 e. The van der Waals surface area contributed by atoms with Crippen molar-refractivity contribution in [3.05, 3.63) is 29.3 Å². The van der Waals surface area contributed by atoms with E-state index in [1.807, 2.05) is 6.92 Å². The summed E-state index contributed by atoms with van der Waals surface area (Å²) in [7, 11) is 0. The molecule has 1 saturated carbocycles. The number of nitrogens with two attached hydrogens (primary N) is 1. The second-order valence-corrected chi connectivity index (χ2v) is 5.05. The molecule has 0 heterocycles. The molecule has 2 rings (SSSR count). The Kier molecular flexibility index (Phi) is 4.02. The van der Waals surface area contributed by atoms with E-state index in [0.29, 0.717) is 25.1 Å². The fourth-order valence-corrected chi connectivity index (χ4v) is 2.06. The molecule has 0 unspecified atom stereocenters. The predicted octanol–water partition coefficient (Wildman–Crippen LogP) is 2.81. The molecular weight excluding hydrogens is 250 g/mol. The van der Waals surface area contributed by atoms with Gasteiger partial charge in [0.2, 0.25) is 0 Å². The van der Waals surface area contributed by atoms with Crippen molar-refractivity contribution in [2.45, 2.75) is 26.2 Å². The minimum absolute atomic E-state index is 0.145. The second-order valence-electron chi connectivity index (χ2n) is 5.05. The van der Waals surface area contributed by atoms with Crippen molar-refractivity contribution in [2.75, 3.05) is 18.8 Å². The number of benzene rings is 1. The Balaban J connectivity index is 2.22. The first kappa shape index (κ1) is 13.8. The van der Waals surface area contributed by atoms with E-state index in [0.717, 1.165) is 25.3 Å². The van der Waals surface area contributed by atoms with Gasteiger partial charge < -0.3 is 10.6 Å². The van der Waals surface area contributed by atoms with Crippen LogP contribution in [0.15, 0.2) is 12.1 Å². The number of rotatable bonds is 5. The molecule has 19 heavy (non-hydrogen) atoms. The molecule has 5 heteroatoms. The van der Waals surface area contributed by atoms with Gasteiger partial charge in [0.25, 0.3) is 5.91 Å². The molecule has 1 aromatic rings. The Morgan fingerprint density at radius 2 is 2.05 bits per heavy atom. The highest BCUT2D eigenvalue weighted by Crippen LogP contribution is 2.30. The molecule has 0 saturated heterocycles. The summed E-state index contributed by atoms with van der Waals surface area (Å²) < 4.78 is 26.8. The van der Waals surface area contributed by atoms with Crippen LogP contribution in [0.2, 0.25) is 0 Å². The summed E-state index contributed by atoms with van der Waals surface area (Å²) >= 11 is 0. The molecule has 104 valence electrons. The van der Waals surface area contributed by atoms with Crippen LogP contribution in [-0.4, -0.2) is 23.9 Å². The van der Waals surface area contributed by atoms with Gasteiger partial charge in [0.1, 0.15) is 11.6 Å². The second kappa shape index (κ2) is 5.55. The van der Waals surface area contributed by atoms with Crippen LogP contribution in [0.1, 0.15) is 36.5 Å². The highest BCUT2D eigenvalue weighted by Gasteiger charge is 2.28. The zero-order valence-electron chi connectivity index (χ0n) is 11.0. The van der Waals surface area contributed by atoms with Gasteiger partial charge in [-0.15, -0.1) is 0 Å². The lowest BCUT2D eigenvalue weighted by Gasteiger charge is -2.22. The number of amides is 1. The molecule has 2 N–H and O–H groups in total. The Morgan fingerprint density at radius 1 is 1.37 bits per heavy atom. The van der Waals surface area contributed by atoms with Crippen molar-refractivity contribution in [1.29, 1.82) is 0 Å². The maximum absolute atomic E-state index is 13.7. The molecule has 1 aromatic carbocycles. The summed E-state index contributed by atoms with van der Waals surface area (Å²) in [6, 6.07) is 1.76. The molecular formula is C14H18F2N2O. The van der Waals surface area contributed by atoms with Gasteiger partial charge >= 0.3 is 0 Å². The Bertz CT molecular complexity index is 487. The summed E-state index contributed by atoms with van der Waals surface area (Å²) in [4.78, 5) is 13.9. The fraction of sp³-hybridized carbons (Fsp3) is 0.500. The number of nitrogen functional groups attached to an aromatic ring is 1. The Hall–Kier alpha value is -1.65. The molecule has 1 aliphatic carbocycles. The standard InChI is InChI=1S/C14H18F2N2O/c1-2-5-18(8-9-3-4-9)14(19)10-6-13(17)12(16)7-11(10)15/h6-7,9H,2-5,8,17H2,1H3. The lowest BCUT2D eigenvalue weighted by molar-refractivity contribution is 0.0743. The first-order chi connectivity index (χ1) is 9.02. The monoisotopic (exact) mass is 268 g/mol. The van der Waals surface area contributed by atoms with Crippen molar-refractivity contribution in [3.8, 4) is 0 Å². The molecule has 1 fully saturated rings. The average Bonchev–Trinajstić information content (AvgIpc) is 3.16. The normalized spacial score (nSPS) is 14.5. The molecule has 3 nitrogen and oxygen atoms in total. The van der Waals surface area contributed by atoms with Crippen molar-refractivity contribution >= 4 is 11.6 Å². The van der Waals surface area contributed by atoms with Crippen molar-refractivity contribution < 1.29 is 13.6 Å². The van der Waals surface area contributed by atoms with Crippen molar-refractivity contribution in [2.24, 2.45) is 5.92 Å². The molecule has 0 radical (unpaired) electrons. The summed E-state index contributed by atoms with van der Waals surface area (Å²) in [5, 5.41) is 0. The topological polar surface area (TPSA) is 46.3 Å². The maximum Gasteiger partial charge on any atom is 0.256 e. The Labute approximate surface area is 111 Å². The van der Waals surface area contributed by atoms with Crippen LogP contribution in [0.4, 0.5) is 14.5 Å². The van der Waals surface area contributed by atoms with E-state index >= 15 is 0 Å². The quantitative estimate of drug-likeness (QED) is 0.835. The molecule has 0 bridgehead atoms. The van der Waals surface area contributed by atoms with E-state index in [9.17, 15) is 13.6 Å². The maximum atomic E-state index is 13.7. The number of carbonyl (C=O) groups is 1. The van der Waals surface area contributed by atoms with Crippen LogP contribution in [0.5, 0.6) is 0 Å². The number of hydrogen-bond donors (Lipinski definition) is 1. The number of hydrogen-bond acceptors (Lipinski definition) is 2. The van der Waals surface area contributed by atoms with Gasteiger partial charge in [-0.05, 0) is 31.2 Å². The zero-order valence-corrected chi connectivity index (χ0v) is 11.0. The molecule has 0 spiro atoms. The van der Waals surface area contributed by atoms with E-state index < -0.39 is 17.5 Å². The molecule has 0 aliphatic heterocycles. The van der Waals surface area contributed by atoms with Gasteiger partial charge in [-0.25, -0.2) is 8.78 Å². The third-order valence-corrected chi connectivity index (χ3v) is 3.27. The van der Waals surface area contributed by atoms with Gasteiger partial charge in [-0.3, -0.25) is 4.79 Å². The van der Waals surface area contributed by atoms with E-state index in [4.69, 9.17) is 5.73 Å². The number of halogens is 2. The Morgan fingerprint density at radius 3 is 2.63 bits per heavy atom. The van der Waals surface area contributed by atoms with E-state index in [1.54, 1.807) is 4.90 Å². The number of anilines is 1. The SMILES string of the molecule is CCCN(CC1CC1)C(=O)c1cc(N)c(F)cc1F. The van der Waals surface area contributed by atoms with Gasteiger partial charge in [0, 0.05) is 19.2 Å². The lowest BCUT2D eigenvalue weighted by atomic mass is 10.1. The fourth-order valence-electron chi connectivity index (χ4n) is 2.06. The average molecular weight is 268 g/mol. The molecule has 0 aromatic heterocycles. The van der Waals surface area contributed by atoms with Crippen LogP contribution in [0, 0.1) is 17.6 Å². The predicted molar refractivity (Wildman–Crippen MR) is 69.7 cm³/mol. The van der Waals surface area contributed by atoms with Crippen LogP contribution in [0.3, 0.4) is 0 Å². The zero-order chi connectivity index (χ0) is 14.0. The number of nitrogens with zero attached hydrogens (tertiary/aromatic N) is 1. The van der Waals surface area contributed by atoms with Crippen LogP contribution in [0.25, 0.3) is 0 Å². The number of carbonyl (C=O) groups excluding carboxylic acids is 1. The van der Waals surface area contributed by atoms with Gasteiger partial charge in [0.15, 0.2) is 0 Å². The van der Waals surface area contributed by atoms with Crippen LogP contribution in [-0.2, 0) is 0 Å². The largest absolute Gasteiger partial charge is 0.396 e. The molecule has 1 amide bonds. The van der Waals surface area contributed by atoms with E-state index in [-0.39, 0.29) is 11.3 Å². The minimum Gasteiger partial charge on any atom is -0.396 e. The van der Waals surface area contributed by atoms with Crippen LogP contribution < -0.4 is 5.73 Å². The lowest BCUT2D eigenvalue weighted by Crippen LogP contribution is -2.34. The third kappa shape index (κ3) is 3.22. The van der Waals surface area contributed by atoms with E-state index in [2.05, 4.69) is 0 Å². The first-order valence-corrected chi connectivity index (χ1v) is 6.56. The summed E-state index contributed by atoms with van der Waals surface area (Å²) in [6.07, 6.45) is 3.03. The van der Waals surface area contributed by atoms with Gasteiger partial charge in [-0.2, -0.15) is 0 Å². The summed E-state index contributed by atoms with van der Waals surface area (Å²) in [6.45, 7) is 3.18. The third-order valence-electron chi connectivity index (χ3n) is 3.27. The summed E-state index contributed by atoms with van der Waals surface area (Å²) in [5.74, 6) is -1.57. The molecule has 0 atom stereocenters. The highest BCUT2D eigenvalue weighted by molar-refractivity contribution is 5.95. The molecule has 1 aliphatic rings.